The molecule has 0 radical (unpaired) electrons. The van der Waals surface area contributed by atoms with E-state index in [1.807, 2.05) is 0 Å². The fourth-order valence-corrected chi connectivity index (χ4v) is 5.61. The van der Waals surface area contributed by atoms with Gasteiger partial charge >= 0.3 is 5.97 Å². The van der Waals surface area contributed by atoms with Crippen molar-refractivity contribution in [2.24, 2.45) is 5.92 Å². The van der Waals surface area contributed by atoms with Gasteiger partial charge in [0, 0.05) is 4.47 Å². The van der Waals surface area contributed by atoms with Crippen LogP contribution in [0.1, 0.15) is 48.5 Å². The maximum Gasteiger partial charge on any atom is 0.335 e. The first-order chi connectivity index (χ1) is 9.79. The maximum absolute atomic E-state index is 12.5. The summed E-state index contributed by atoms with van der Waals surface area (Å²) in [6, 6.07) is 4.48. The molecule has 4 nitrogen and oxygen atoms in total. The highest BCUT2D eigenvalue weighted by Crippen LogP contribution is 2.31. The second-order valence-electron chi connectivity index (χ2n) is 5.81. The Morgan fingerprint density at radius 3 is 2.67 bits per heavy atom. The van der Waals surface area contributed by atoms with Gasteiger partial charge in [0.25, 0.3) is 0 Å². The van der Waals surface area contributed by atoms with E-state index in [1.54, 1.807) is 6.07 Å². The quantitative estimate of drug-likeness (QED) is 0.872. The van der Waals surface area contributed by atoms with Crippen molar-refractivity contribution in [3.63, 3.8) is 0 Å². The lowest BCUT2D eigenvalue weighted by molar-refractivity contribution is 0.0697. The summed E-state index contributed by atoms with van der Waals surface area (Å²) in [6.45, 7) is 2.10. The van der Waals surface area contributed by atoms with Crippen LogP contribution in [0.25, 0.3) is 0 Å². The van der Waals surface area contributed by atoms with Gasteiger partial charge in [-0.1, -0.05) is 41.8 Å². The van der Waals surface area contributed by atoms with Crippen LogP contribution in [0, 0.1) is 5.92 Å². The van der Waals surface area contributed by atoms with E-state index in [1.165, 1.54) is 12.1 Å². The molecule has 0 amide bonds. The predicted octanol–water partition coefficient (Wildman–Crippen LogP) is 3.64. The first-order valence-corrected chi connectivity index (χ1v) is 9.53. The molecule has 116 valence electrons. The molecule has 1 N–H and O–H groups in total. The molecule has 0 aliphatic heterocycles. The molecule has 2 unspecified atom stereocenters. The van der Waals surface area contributed by atoms with Crippen LogP contribution in [0.2, 0.25) is 0 Å². The van der Waals surface area contributed by atoms with Crippen LogP contribution in [0.15, 0.2) is 22.7 Å². The molecule has 6 heteroatoms. The van der Waals surface area contributed by atoms with Gasteiger partial charge < -0.3 is 5.11 Å². The van der Waals surface area contributed by atoms with Gasteiger partial charge in [-0.3, -0.25) is 0 Å². The average molecular weight is 375 g/mol. The van der Waals surface area contributed by atoms with Gasteiger partial charge in [0.2, 0.25) is 0 Å². The third kappa shape index (κ3) is 4.07. The Labute approximate surface area is 133 Å². The van der Waals surface area contributed by atoms with Crippen molar-refractivity contribution in [1.29, 1.82) is 0 Å². The molecule has 0 bridgehead atoms. The summed E-state index contributed by atoms with van der Waals surface area (Å²) in [5, 5.41) is 8.66. The Morgan fingerprint density at radius 1 is 1.38 bits per heavy atom. The zero-order valence-corrected chi connectivity index (χ0v) is 14.3. The SMILES string of the molecule is CC1CCCC(S(=O)(=O)Cc2ccc(C(=O)O)cc2Br)C1. The van der Waals surface area contributed by atoms with Crippen molar-refractivity contribution in [2.45, 2.75) is 43.6 Å². The topological polar surface area (TPSA) is 71.4 Å². The van der Waals surface area contributed by atoms with E-state index < -0.39 is 15.8 Å². The van der Waals surface area contributed by atoms with Gasteiger partial charge in [-0.15, -0.1) is 0 Å². The highest BCUT2D eigenvalue weighted by atomic mass is 79.9. The van der Waals surface area contributed by atoms with Crippen molar-refractivity contribution in [2.75, 3.05) is 0 Å². The monoisotopic (exact) mass is 374 g/mol. The molecule has 0 aromatic heterocycles. The predicted molar refractivity (Wildman–Crippen MR) is 85.1 cm³/mol. The summed E-state index contributed by atoms with van der Waals surface area (Å²) in [7, 11) is -3.20. The third-order valence-electron chi connectivity index (χ3n) is 4.05. The fraction of sp³-hybridized carbons (Fsp3) is 0.533. The molecule has 1 aliphatic carbocycles. The highest BCUT2D eigenvalue weighted by molar-refractivity contribution is 9.10. The molecular weight excluding hydrogens is 356 g/mol. The standard InChI is InChI=1S/C15H19BrO4S/c1-10-3-2-4-13(7-10)21(19,20)9-12-6-5-11(15(17)18)8-14(12)16/h5-6,8,10,13H,2-4,7,9H2,1H3,(H,17,18). The number of sulfone groups is 1. The van der Waals surface area contributed by atoms with Gasteiger partial charge in [0.05, 0.1) is 16.6 Å². The minimum atomic E-state index is -3.20. The van der Waals surface area contributed by atoms with E-state index in [-0.39, 0.29) is 16.6 Å². The van der Waals surface area contributed by atoms with Crippen LogP contribution in [-0.4, -0.2) is 24.7 Å². The Hall–Kier alpha value is -0.880. The summed E-state index contributed by atoms with van der Waals surface area (Å²) in [5.74, 6) is -0.604. The molecule has 1 aliphatic rings. The zero-order valence-electron chi connectivity index (χ0n) is 11.9. The normalized spacial score (nSPS) is 23.0. The van der Waals surface area contributed by atoms with Crippen molar-refractivity contribution in [1.82, 2.24) is 0 Å². The van der Waals surface area contributed by atoms with E-state index in [4.69, 9.17) is 5.11 Å². The van der Waals surface area contributed by atoms with Crippen molar-refractivity contribution >= 4 is 31.7 Å². The van der Waals surface area contributed by atoms with E-state index in [2.05, 4.69) is 22.9 Å². The second-order valence-corrected chi connectivity index (χ2v) is 8.95. The first kappa shape index (κ1) is 16.5. The van der Waals surface area contributed by atoms with Crippen molar-refractivity contribution in [3.8, 4) is 0 Å². The molecule has 0 heterocycles. The van der Waals surface area contributed by atoms with Gasteiger partial charge in [0.1, 0.15) is 0 Å². The van der Waals surface area contributed by atoms with Crippen LogP contribution in [0.5, 0.6) is 0 Å². The van der Waals surface area contributed by atoms with Crippen LogP contribution < -0.4 is 0 Å². The fourth-order valence-electron chi connectivity index (χ4n) is 2.84. The third-order valence-corrected chi connectivity index (χ3v) is 6.95. The van der Waals surface area contributed by atoms with E-state index in [9.17, 15) is 13.2 Å². The summed E-state index contributed by atoms with van der Waals surface area (Å²) in [5.41, 5.74) is 0.771. The minimum absolute atomic E-state index is 0.0368. The number of rotatable bonds is 4. The number of carboxylic acids is 1. The lowest BCUT2D eigenvalue weighted by atomic mass is 9.91. The molecule has 21 heavy (non-hydrogen) atoms. The maximum atomic E-state index is 12.5. The van der Waals surface area contributed by atoms with Gasteiger partial charge in [-0.05, 0) is 36.5 Å². The Balaban J connectivity index is 2.18. The Kier molecular flexibility index (Phi) is 5.09. The Bertz CT molecular complexity index is 639. The van der Waals surface area contributed by atoms with Crippen LogP contribution in [0.4, 0.5) is 0 Å². The van der Waals surface area contributed by atoms with Crippen molar-refractivity contribution in [3.05, 3.63) is 33.8 Å². The summed E-state index contributed by atoms with van der Waals surface area (Å²) in [6.07, 6.45) is 3.53. The molecule has 1 aromatic carbocycles. The molecule has 1 aromatic rings. The van der Waals surface area contributed by atoms with E-state index >= 15 is 0 Å². The number of hydrogen-bond acceptors (Lipinski definition) is 3. The lowest BCUT2D eigenvalue weighted by Crippen LogP contribution is -2.28. The number of carboxylic acid groups (broad SMARTS) is 1. The largest absolute Gasteiger partial charge is 0.478 e. The molecule has 2 atom stereocenters. The second kappa shape index (κ2) is 6.48. The molecule has 0 saturated heterocycles. The average Bonchev–Trinajstić information content (AvgIpc) is 2.40. The lowest BCUT2D eigenvalue weighted by Gasteiger charge is -2.26. The summed E-state index contributed by atoms with van der Waals surface area (Å²) < 4.78 is 25.6. The van der Waals surface area contributed by atoms with Crippen molar-refractivity contribution < 1.29 is 18.3 Å². The molecular formula is C15H19BrO4S. The molecule has 1 fully saturated rings. The smallest absolute Gasteiger partial charge is 0.335 e. The van der Waals surface area contributed by atoms with Crippen LogP contribution >= 0.6 is 15.9 Å². The first-order valence-electron chi connectivity index (χ1n) is 7.03. The number of benzene rings is 1. The van der Waals surface area contributed by atoms with Crippen LogP contribution in [0.3, 0.4) is 0 Å². The zero-order chi connectivity index (χ0) is 15.6. The molecule has 1 saturated carbocycles. The summed E-state index contributed by atoms with van der Waals surface area (Å²) in [4.78, 5) is 10.9. The van der Waals surface area contributed by atoms with E-state index in [0.717, 1.165) is 25.7 Å². The highest BCUT2D eigenvalue weighted by Gasteiger charge is 2.30. The van der Waals surface area contributed by atoms with Gasteiger partial charge in [0.15, 0.2) is 9.84 Å². The van der Waals surface area contributed by atoms with Crippen LogP contribution in [-0.2, 0) is 15.6 Å². The number of carbonyl (C=O) groups is 1. The van der Waals surface area contributed by atoms with Gasteiger partial charge in [-0.2, -0.15) is 0 Å². The Morgan fingerprint density at radius 2 is 2.10 bits per heavy atom. The number of halogens is 1. The number of hydrogen-bond donors (Lipinski definition) is 1. The molecule has 0 spiro atoms. The summed E-state index contributed by atoms with van der Waals surface area (Å²) >= 11 is 3.28. The van der Waals surface area contributed by atoms with Gasteiger partial charge in [-0.25, -0.2) is 13.2 Å². The van der Waals surface area contributed by atoms with E-state index in [0.29, 0.717) is 16.0 Å². The molecule has 2 rings (SSSR count). The minimum Gasteiger partial charge on any atom is -0.478 e. The number of aromatic carboxylic acids is 1.